The van der Waals surface area contributed by atoms with Gasteiger partial charge >= 0.3 is 0 Å². The summed E-state index contributed by atoms with van der Waals surface area (Å²) in [6, 6.07) is 15.6. The molecule has 0 spiro atoms. The Labute approximate surface area is 122 Å². The molecule has 3 rings (SSSR count). The first kappa shape index (κ1) is 12.9. The Morgan fingerprint density at radius 2 is 1.60 bits per heavy atom. The molecule has 0 aliphatic heterocycles. The molecule has 1 heterocycles. The molecule has 4 heteroatoms. The van der Waals surface area contributed by atoms with Gasteiger partial charge in [-0.1, -0.05) is 23.7 Å². The Morgan fingerprint density at radius 1 is 0.900 bits per heavy atom. The van der Waals surface area contributed by atoms with Gasteiger partial charge in [-0.3, -0.25) is 0 Å². The van der Waals surface area contributed by atoms with Crippen LogP contribution in [0.4, 0.5) is 5.82 Å². The fraction of sp³-hybridized carbons (Fsp3) is 0.125. The number of halogens is 1. The van der Waals surface area contributed by atoms with Gasteiger partial charge in [0.1, 0.15) is 5.82 Å². The van der Waals surface area contributed by atoms with Crippen LogP contribution in [0.25, 0.3) is 22.3 Å². The molecule has 1 aromatic heterocycles. The van der Waals surface area contributed by atoms with Gasteiger partial charge in [-0.15, -0.1) is 0 Å². The van der Waals surface area contributed by atoms with Crippen LogP contribution in [0.15, 0.2) is 48.5 Å². The molecule has 0 aliphatic rings. The minimum absolute atomic E-state index is 0.711. The van der Waals surface area contributed by atoms with E-state index in [-0.39, 0.29) is 0 Å². The molecule has 3 nitrogen and oxygen atoms in total. The Bertz CT molecular complexity index is 751. The highest BCUT2D eigenvalue weighted by atomic mass is 35.5. The average Bonchev–Trinajstić information content (AvgIpc) is 2.46. The van der Waals surface area contributed by atoms with Crippen LogP contribution in [0, 0.1) is 0 Å². The summed E-state index contributed by atoms with van der Waals surface area (Å²) in [7, 11) is 3.97. The molecule has 20 heavy (non-hydrogen) atoms. The lowest BCUT2D eigenvalue weighted by Gasteiger charge is -2.15. The monoisotopic (exact) mass is 283 g/mol. The highest BCUT2D eigenvalue weighted by Gasteiger charge is 2.10. The second-order valence-electron chi connectivity index (χ2n) is 4.79. The molecule has 0 fully saturated rings. The molecule has 0 radical (unpaired) electrons. The van der Waals surface area contributed by atoms with E-state index in [0.29, 0.717) is 10.8 Å². The van der Waals surface area contributed by atoms with Crippen molar-refractivity contribution in [3.63, 3.8) is 0 Å². The highest BCUT2D eigenvalue weighted by molar-refractivity contribution is 6.30. The number of fused-ring (bicyclic) bond motifs is 1. The number of nitrogens with zero attached hydrogens (tertiary/aromatic N) is 3. The summed E-state index contributed by atoms with van der Waals surface area (Å²) in [6.45, 7) is 0. The Morgan fingerprint density at radius 3 is 2.30 bits per heavy atom. The fourth-order valence-electron chi connectivity index (χ4n) is 2.13. The highest BCUT2D eigenvalue weighted by Crippen LogP contribution is 2.26. The van der Waals surface area contributed by atoms with Gasteiger partial charge in [-0.25, -0.2) is 9.97 Å². The van der Waals surface area contributed by atoms with Gasteiger partial charge in [0, 0.05) is 30.1 Å². The zero-order valence-electron chi connectivity index (χ0n) is 11.3. The van der Waals surface area contributed by atoms with E-state index in [1.807, 2.05) is 67.5 Å². The van der Waals surface area contributed by atoms with E-state index in [4.69, 9.17) is 11.6 Å². The average molecular weight is 284 g/mol. The van der Waals surface area contributed by atoms with E-state index in [2.05, 4.69) is 9.97 Å². The molecule has 0 saturated heterocycles. The molecule has 0 unspecified atom stereocenters. The minimum Gasteiger partial charge on any atom is -0.362 e. The van der Waals surface area contributed by atoms with Crippen molar-refractivity contribution in [1.29, 1.82) is 0 Å². The maximum absolute atomic E-state index is 5.93. The van der Waals surface area contributed by atoms with Gasteiger partial charge in [0.2, 0.25) is 0 Å². The van der Waals surface area contributed by atoms with Gasteiger partial charge in [0.05, 0.1) is 5.52 Å². The van der Waals surface area contributed by atoms with Crippen LogP contribution >= 0.6 is 11.6 Å². The molecule has 0 N–H and O–H groups in total. The van der Waals surface area contributed by atoms with Crippen molar-refractivity contribution in [2.45, 2.75) is 0 Å². The summed E-state index contributed by atoms with van der Waals surface area (Å²) >= 11 is 5.93. The van der Waals surface area contributed by atoms with E-state index in [1.54, 1.807) is 0 Å². The molecular formula is C16H14ClN3. The van der Waals surface area contributed by atoms with Crippen LogP contribution < -0.4 is 4.90 Å². The van der Waals surface area contributed by atoms with Crippen molar-refractivity contribution >= 4 is 28.3 Å². The summed E-state index contributed by atoms with van der Waals surface area (Å²) in [4.78, 5) is 11.3. The van der Waals surface area contributed by atoms with Crippen molar-refractivity contribution in [3.8, 4) is 11.4 Å². The Balaban J connectivity index is 2.24. The topological polar surface area (TPSA) is 29.0 Å². The standard InChI is InChI=1S/C16H14ClN3/c1-20(2)16-13-5-3-4-6-14(13)18-15(19-16)11-7-9-12(17)10-8-11/h3-10H,1-2H3. The molecule has 0 amide bonds. The van der Waals surface area contributed by atoms with Crippen molar-refractivity contribution in [2.75, 3.05) is 19.0 Å². The lowest BCUT2D eigenvalue weighted by atomic mass is 10.2. The zero-order chi connectivity index (χ0) is 14.1. The van der Waals surface area contributed by atoms with Gasteiger partial charge in [0.15, 0.2) is 5.82 Å². The predicted molar refractivity (Wildman–Crippen MR) is 84.3 cm³/mol. The van der Waals surface area contributed by atoms with Crippen LogP contribution in [0.2, 0.25) is 5.02 Å². The third-order valence-electron chi connectivity index (χ3n) is 3.11. The number of hydrogen-bond donors (Lipinski definition) is 0. The van der Waals surface area contributed by atoms with Gasteiger partial charge < -0.3 is 4.90 Å². The molecule has 0 atom stereocenters. The maximum Gasteiger partial charge on any atom is 0.162 e. The lowest BCUT2D eigenvalue weighted by Crippen LogP contribution is -2.12. The van der Waals surface area contributed by atoms with Gasteiger partial charge in [0.25, 0.3) is 0 Å². The largest absolute Gasteiger partial charge is 0.362 e. The third kappa shape index (κ3) is 2.32. The van der Waals surface area contributed by atoms with Crippen LogP contribution in [-0.4, -0.2) is 24.1 Å². The SMILES string of the molecule is CN(C)c1nc(-c2ccc(Cl)cc2)nc2ccccc12. The molecule has 0 saturated carbocycles. The third-order valence-corrected chi connectivity index (χ3v) is 3.36. The smallest absolute Gasteiger partial charge is 0.162 e. The Kier molecular flexibility index (Phi) is 3.28. The second kappa shape index (κ2) is 5.10. The number of hydrogen-bond acceptors (Lipinski definition) is 3. The zero-order valence-corrected chi connectivity index (χ0v) is 12.1. The van der Waals surface area contributed by atoms with Crippen LogP contribution in [0.3, 0.4) is 0 Å². The van der Waals surface area contributed by atoms with Crippen molar-refractivity contribution in [3.05, 3.63) is 53.6 Å². The number of rotatable bonds is 2. The van der Waals surface area contributed by atoms with Crippen LogP contribution in [-0.2, 0) is 0 Å². The van der Waals surface area contributed by atoms with Crippen LogP contribution in [0.1, 0.15) is 0 Å². The first-order chi connectivity index (χ1) is 9.65. The molecular weight excluding hydrogens is 270 g/mol. The normalized spacial score (nSPS) is 10.8. The number of para-hydroxylation sites is 1. The summed E-state index contributed by atoms with van der Waals surface area (Å²) in [5.74, 6) is 1.63. The van der Waals surface area contributed by atoms with Gasteiger partial charge in [-0.2, -0.15) is 0 Å². The van der Waals surface area contributed by atoms with Crippen LogP contribution in [0.5, 0.6) is 0 Å². The molecule has 100 valence electrons. The lowest BCUT2D eigenvalue weighted by molar-refractivity contribution is 1.07. The van der Waals surface area contributed by atoms with E-state index in [9.17, 15) is 0 Å². The number of benzene rings is 2. The van der Waals surface area contributed by atoms with Crippen molar-refractivity contribution in [2.24, 2.45) is 0 Å². The quantitative estimate of drug-likeness (QED) is 0.711. The van der Waals surface area contributed by atoms with Crippen molar-refractivity contribution < 1.29 is 0 Å². The molecule has 0 bridgehead atoms. The van der Waals surface area contributed by atoms with E-state index >= 15 is 0 Å². The Hall–Kier alpha value is -2.13. The van der Waals surface area contributed by atoms with Gasteiger partial charge in [-0.05, 0) is 36.4 Å². The van der Waals surface area contributed by atoms with Crippen molar-refractivity contribution in [1.82, 2.24) is 9.97 Å². The summed E-state index contributed by atoms with van der Waals surface area (Å²) in [5, 5.41) is 1.76. The second-order valence-corrected chi connectivity index (χ2v) is 5.23. The maximum atomic E-state index is 5.93. The van der Waals surface area contributed by atoms with E-state index < -0.39 is 0 Å². The molecule has 0 aliphatic carbocycles. The predicted octanol–water partition coefficient (Wildman–Crippen LogP) is 4.02. The summed E-state index contributed by atoms with van der Waals surface area (Å²) < 4.78 is 0. The molecule has 3 aromatic rings. The summed E-state index contributed by atoms with van der Waals surface area (Å²) in [5.41, 5.74) is 1.90. The van der Waals surface area contributed by atoms with E-state index in [1.165, 1.54) is 0 Å². The number of aromatic nitrogens is 2. The minimum atomic E-state index is 0.711. The summed E-state index contributed by atoms with van der Waals surface area (Å²) in [6.07, 6.45) is 0. The van der Waals surface area contributed by atoms with E-state index in [0.717, 1.165) is 22.3 Å². The fourth-order valence-corrected chi connectivity index (χ4v) is 2.25. The first-order valence-corrected chi connectivity index (χ1v) is 6.73. The first-order valence-electron chi connectivity index (χ1n) is 6.35. The molecule has 2 aromatic carbocycles. The number of anilines is 1.